The van der Waals surface area contributed by atoms with Gasteiger partial charge >= 0.3 is 12.2 Å². The van der Waals surface area contributed by atoms with Crippen molar-refractivity contribution in [2.24, 2.45) is 0 Å². The molecule has 0 saturated heterocycles. The van der Waals surface area contributed by atoms with Gasteiger partial charge in [0, 0.05) is 32.6 Å². The van der Waals surface area contributed by atoms with E-state index in [9.17, 15) is 19.2 Å². The second kappa shape index (κ2) is 39.1. The van der Waals surface area contributed by atoms with E-state index in [1.807, 2.05) is 4.90 Å². The number of carbonyl (C=O) groups excluding carboxylic acids is 4. The minimum atomic E-state index is -0.892. The largest absolute Gasteiger partial charge is 0.439 e. The van der Waals surface area contributed by atoms with Crippen molar-refractivity contribution in [2.75, 3.05) is 40.4 Å². The quantitative estimate of drug-likeness (QED) is 0.0321. The van der Waals surface area contributed by atoms with Crippen LogP contribution in [0.15, 0.2) is 0 Å². The molecule has 0 spiro atoms. The predicted octanol–water partition coefficient (Wildman–Crippen LogP) is 9.84. The molecule has 1 atom stereocenters. The van der Waals surface area contributed by atoms with Crippen molar-refractivity contribution in [3.05, 3.63) is 0 Å². The fourth-order valence-electron chi connectivity index (χ4n) is 6.50. The normalized spacial score (nSPS) is 11.5. The Hall–Kier alpha value is -2.60. The van der Waals surface area contributed by atoms with E-state index in [1.165, 1.54) is 143 Å². The predicted molar refractivity (Wildman–Crippen MR) is 212 cm³/mol. The summed E-state index contributed by atoms with van der Waals surface area (Å²) in [5, 5.41) is 7.84. The van der Waals surface area contributed by atoms with Crippen molar-refractivity contribution in [3.8, 4) is 0 Å². The van der Waals surface area contributed by atoms with Crippen LogP contribution in [0.5, 0.6) is 0 Å². The fourth-order valence-corrected chi connectivity index (χ4v) is 6.50. The first-order valence-electron chi connectivity index (χ1n) is 21.4. The van der Waals surface area contributed by atoms with Gasteiger partial charge in [0.25, 0.3) is 0 Å². The molecule has 53 heavy (non-hydrogen) atoms. The van der Waals surface area contributed by atoms with Crippen LogP contribution in [0.25, 0.3) is 0 Å². The van der Waals surface area contributed by atoms with Gasteiger partial charge in [0.1, 0.15) is 6.04 Å². The summed E-state index contributed by atoms with van der Waals surface area (Å²) in [6.45, 7) is 6.50. The molecule has 0 saturated carbocycles. The summed E-state index contributed by atoms with van der Waals surface area (Å²) in [5.41, 5.74) is 0. The lowest BCUT2D eigenvalue weighted by Gasteiger charge is -2.23. The van der Waals surface area contributed by atoms with E-state index in [-0.39, 0.29) is 18.9 Å². The zero-order chi connectivity index (χ0) is 39.0. The summed E-state index contributed by atoms with van der Waals surface area (Å²) >= 11 is 0. The average molecular weight is 757 g/mol. The lowest BCUT2D eigenvalue weighted by atomic mass is 10.0. The monoisotopic (exact) mass is 757 g/mol. The maximum absolute atomic E-state index is 13.4. The molecule has 0 heterocycles. The zero-order valence-electron chi connectivity index (χ0n) is 34.4. The molecule has 312 valence electrons. The van der Waals surface area contributed by atoms with Crippen molar-refractivity contribution in [1.29, 1.82) is 0 Å². The number of unbranched alkanes of at least 4 members (excludes halogenated alkanes) is 23. The molecule has 0 fully saturated rings. The zero-order valence-corrected chi connectivity index (χ0v) is 34.4. The first-order chi connectivity index (χ1) is 25.9. The number of nitrogens with one attached hydrogen (secondary N) is 3. The van der Waals surface area contributed by atoms with Crippen LogP contribution in [0.2, 0.25) is 0 Å². The van der Waals surface area contributed by atoms with Crippen molar-refractivity contribution in [1.82, 2.24) is 20.9 Å². The van der Waals surface area contributed by atoms with Crippen LogP contribution >= 0.6 is 0 Å². The van der Waals surface area contributed by atoms with Crippen LogP contribution in [0, 0.1) is 0 Å². The minimum absolute atomic E-state index is 0.0498. The molecule has 0 aromatic carbocycles. The summed E-state index contributed by atoms with van der Waals surface area (Å²) in [4.78, 5) is 69.4. The Bertz CT molecular complexity index is 851. The Morgan fingerprint density at radius 2 is 0.906 bits per heavy atom. The van der Waals surface area contributed by atoms with Gasteiger partial charge in [0.05, 0.1) is 14.2 Å². The summed E-state index contributed by atoms with van der Waals surface area (Å²) in [6.07, 6.45) is 30.6. The average Bonchev–Trinajstić information content (AvgIpc) is 3.14. The van der Waals surface area contributed by atoms with Gasteiger partial charge in [-0.1, -0.05) is 155 Å². The van der Waals surface area contributed by atoms with E-state index < -0.39 is 24.1 Å². The van der Waals surface area contributed by atoms with E-state index in [1.54, 1.807) is 0 Å². The van der Waals surface area contributed by atoms with Crippen LogP contribution in [-0.2, 0) is 29.1 Å². The van der Waals surface area contributed by atoms with Gasteiger partial charge in [-0.05, 0) is 32.1 Å². The fraction of sp³-hybridized carbons (Fsp3) is 0.902. The molecule has 0 rings (SSSR count). The van der Waals surface area contributed by atoms with Gasteiger partial charge in [-0.3, -0.25) is 19.4 Å². The third-order valence-electron chi connectivity index (χ3n) is 9.67. The second-order valence-electron chi connectivity index (χ2n) is 14.4. The molecule has 0 radical (unpaired) electrons. The number of hydrogen-bond donors (Lipinski definition) is 3. The van der Waals surface area contributed by atoms with Crippen LogP contribution in [0.3, 0.4) is 0 Å². The lowest BCUT2D eigenvalue weighted by Crippen LogP contribution is -2.47. The maximum Gasteiger partial charge on any atom is 0.439 e. The second-order valence-corrected chi connectivity index (χ2v) is 14.4. The van der Waals surface area contributed by atoms with Gasteiger partial charge in [-0.2, -0.15) is 9.78 Å². The molecular formula is C41H80N4O8. The Balaban J connectivity index is 4.75. The van der Waals surface area contributed by atoms with Crippen LogP contribution in [-0.4, -0.2) is 75.3 Å². The molecule has 0 aromatic heterocycles. The Labute approximate surface area is 323 Å². The number of carbonyl (C=O) groups is 4. The van der Waals surface area contributed by atoms with Crippen LogP contribution < -0.4 is 16.0 Å². The smallest absolute Gasteiger partial charge is 0.354 e. The van der Waals surface area contributed by atoms with Crippen molar-refractivity contribution in [2.45, 2.75) is 200 Å². The van der Waals surface area contributed by atoms with E-state index >= 15 is 0 Å². The van der Waals surface area contributed by atoms with Crippen LogP contribution in [0.4, 0.5) is 9.59 Å². The SMILES string of the molecule is CCCCCCCCCCCCCCN(CCCCCCCCCCCCCC)C(=O)CCNC(=O)C(CCCCNC(=O)OOC)NC(=O)OOC. The van der Waals surface area contributed by atoms with E-state index in [0.29, 0.717) is 25.8 Å². The molecular weight excluding hydrogens is 676 g/mol. The molecule has 0 aliphatic heterocycles. The molecule has 0 aliphatic carbocycles. The molecule has 1 unspecified atom stereocenters. The summed E-state index contributed by atoms with van der Waals surface area (Å²) in [7, 11) is 2.43. The highest BCUT2D eigenvalue weighted by atomic mass is 17.2. The molecule has 3 N–H and O–H groups in total. The van der Waals surface area contributed by atoms with Crippen molar-refractivity contribution < 1.29 is 38.7 Å². The highest BCUT2D eigenvalue weighted by molar-refractivity contribution is 5.86. The summed E-state index contributed by atoms with van der Waals surface area (Å²) in [6, 6.07) is -0.892. The maximum atomic E-state index is 13.4. The van der Waals surface area contributed by atoms with Crippen LogP contribution in [0.1, 0.15) is 194 Å². The highest BCUT2D eigenvalue weighted by Gasteiger charge is 2.22. The Kier molecular flexibility index (Phi) is 37.2. The molecule has 12 heteroatoms. The minimum Gasteiger partial charge on any atom is -0.354 e. The van der Waals surface area contributed by atoms with E-state index in [0.717, 1.165) is 38.8 Å². The van der Waals surface area contributed by atoms with Gasteiger partial charge in [-0.25, -0.2) is 9.59 Å². The highest BCUT2D eigenvalue weighted by Crippen LogP contribution is 2.15. The molecule has 4 amide bonds. The molecule has 0 aromatic rings. The first-order valence-corrected chi connectivity index (χ1v) is 21.4. The Morgan fingerprint density at radius 3 is 1.34 bits per heavy atom. The molecule has 0 aliphatic rings. The number of nitrogens with zero attached hydrogens (tertiary/aromatic N) is 1. The molecule has 0 bridgehead atoms. The summed E-state index contributed by atoms with van der Waals surface area (Å²) < 4.78 is 0. The van der Waals surface area contributed by atoms with E-state index in [2.05, 4.69) is 49.3 Å². The molecule has 12 nitrogen and oxygen atoms in total. The van der Waals surface area contributed by atoms with Crippen molar-refractivity contribution in [3.63, 3.8) is 0 Å². The standard InChI is InChI=1S/C41H80N4O8/c1-5-7-9-11-13-15-17-19-21-23-25-29-35-45(36-30-26-24-22-20-18-16-14-12-10-8-6-2)38(46)32-34-42-39(47)37(44-41(49)53-51-4)31-27-28-33-43-40(48)52-50-3/h37H,5-36H2,1-4H3,(H,42,47)(H,43,48)(H,44,49). The number of amides is 4. The third-order valence-corrected chi connectivity index (χ3v) is 9.67. The topological polar surface area (TPSA) is 145 Å². The Morgan fingerprint density at radius 1 is 0.491 bits per heavy atom. The van der Waals surface area contributed by atoms with Gasteiger partial charge in [0.15, 0.2) is 0 Å². The van der Waals surface area contributed by atoms with Gasteiger partial charge in [0.2, 0.25) is 11.8 Å². The van der Waals surface area contributed by atoms with Crippen molar-refractivity contribution >= 4 is 24.0 Å². The summed E-state index contributed by atoms with van der Waals surface area (Å²) in [5.74, 6) is -0.361. The van der Waals surface area contributed by atoms with Gasteiger partial charge in [-0.15, -0.1) is 0 Å². The first kappa shape index (κ1) is 50.4. The van der Waals surface area contributed by atoms with Gasteiger partial charge < -0.3 is 20.9 Å². The number of rotatable bonds is 38. The lowest BCUT2D eigenvalue weighted by molar-refractivity contribution is -0.213. The third kappa shape index (κ3) is 33.7. The van der Waals surface area contributed by atoms with E-state index in [4.69, 9.17) is 0 Å². The number of hydrogen-bond acceptors (Lipinski definition) is 8.